The Morgan fingerprint density at radius 1 is 1.28 bits per heavy atom. The maximum Gasteiger partial charge on any atom is 0.244 e. The number of amides is 1. The minimum Gasteiger partial charge on any atom is -0.344 e. The first-order chi connectivity index (χ1) is 8.67. The lowest BCUT2D eigenvalue weighted by Gasteiger charge is -2.05. The van der Waals surface area contributed by atoms with Gasteiger partial charge in [-0.15, -0.1) is 0 Å². The summed E-state index contributed by atoms with van der Waals surface area (Å²) in [6.45, 7) is 0.163. The van der Waals surface area contributed by atoms with E-state index in [1.807, 2.05) is 0 Å². The molecule has 0 bridgehead atoms. The van der Waals surface area contributed by atoms with E-state index in [0.717, 1.165) is 6.29 Å². The van der Waals surface area contributed by atoms with Crippen molar-refractivity contribution in [2.45, 2.75) is 6.54 Å². The quantitative estimate of drug-likeness (QED) is 0.861. The summed E-state index contributed by atoms with van der Waals surface area (Å²) in [5, 5.41) is 3.36. The Bertz CT molecular complexity index is 561. The predicted molar refractivity (Wildman–Crippen MR) is 69.9 cm³/mol. The van der Waals surface area contributed by atoms with Crippen LogP contribution >= 0.6 is 11.6 Å². The third kappa shape index (κ3) is 3.21. The SMILES string of the molecule is O=Cc1ccn(CC(=O)Nc2ccc(Cl)cc2)c1. The zero-order valence-corrected chi connectivity index (χ0v) is 10.2. The molecule has 0 aliphatic rings. The van der Waals surface area contributed by atoms with Crippen molar-refractivity contribution in [3.63, 3.8) is 0 Å². The van der Waals surface area contributed by atoms with Gasteiger partial charge in [-0.05, 0) is 30.3 Å². The number of benzene rings is 1. The van der Waals surface area contributed by atoms with Gasteiger partial charge in [0.05, 0.1) is 0 Å². The van der Waals surface area contributed by atoms with Crippen LogP contribution in [0.5, 0.6) is 0 Å². The van der Waals surface area contributed by atoms with Crippen LogP contribution in [0.25, 0.3) is 0 Å². The van der Waals surface area contributed by atoms with E-state index >= 15 is 0 Å². The molecular formula is C13H11ClN2O2. The summed E-state index contributed by atoms with van der Waals surface area (Å²) in [5.74, 6) is -0.162. The normalized spacial score (nSPS) is 10.1. The predicted octanol–water partition coefficient (Wildman–Crippen LogP) is 2.59. The Morgan fingerprint density at radius 2 is 2.00 bits per heavy atom. The van der Waals surface area contributed by atoms with Crippen molar-refractivity contribution in [1.29, 1.82) is 0 Å². The summed E-state index contributed by atoms with van der Waals surface area (Å²) < 4.78 is 1.65. The zero-order chi connectivity index (χ0) is 13.0. The van der Waals surface area contributed by atoms with Crippen LogP contribution in [0.1, 0.15) is 10.4 Å². The molecule has 4 nitrogen and oxygen atoms in total. The van der Waals surface area contributed by atoms with Crippen molar-refractivity contribution in [3.8, 4) is 0 Å². The Balaban J connectivity index is 1.96. The molecule has 0 fully saturated rings. The summed E-state index contributed by atoms with van der Waals surface area (Å²) >= 11 is 5.75. The number of carbonyl (C=O) groups is 2. The number of carbonyl (C=O) groups excluding carboxylic acids is 2. The summed E-state index contributed by atoms with van der Waals surface area (Å²) in [6, 6.07) is 8.52. The van der Waals surface area contributed by atoms with Gasteiger partial charge in [0.1, 0.15) is 6.54 Å². The molecule has 0 saturated carbocycles. The van der Waals surface area contributed by atoms with Gasteiger partial charge in [0.15, 0.2) is 6.29 Å². The van der Waals surface area contributed by atoms with Crippen molar-refractivity contribution in [1.82, 2.24) is 4.57 Å². The summed E-state index contributed by atoms with van der Waals surface area (Å²) in [7, 11) is 0. The molecule has 5 heteroatoms. The van der Waals surface area contributed by atoms with Gasteiger partial charge in [-0.2, -0.15) is 0 Å². The Kier molecular flexibility index (Phi) is 3.79. The van der Waals surface area contributed by atoms with Crippen LogP contribution in [0.2, 0.25) is 5.02 Å². The zero-order valence-electron chi connectivity index (χ0n) is 9.47. The van der Waals surface area contributed by atoms with Crippen LogP contribution in [-0.4, -0.2) is 16.8 Å². The van der Waals surface area contributed by atoms with E-state index in [4.69, 9.17) is 11.6 Å². The fourth-order valence-electron chi connectivity index (χ4n) is 1.53. The minimum absolute atomic E-state index is 0.162. The van der Waals surface area contributed by atoms with E-state index in [-0.39, 0.29) is 12.5 Å². The first-order valence-electron chi connectivity index (χ1n) is 5.34. The molecule has 1 aromatic carbocycles. The van der Waals surface area contributed by atoms with Crippen LogP contribution in [0.3, 0.4) is 0 Å². The molecule has 2 rings (SSSR count). The van der Waals surface area contributed by atoms with Gasteiger partial charge in [0, 0.05) is 28.7 Å². The van der Waals surface area contributed by atoms with E-state index in [0.29, 0.717) is 16.3 Å². The second kappa shape index (κ2) is 5.51. The molecule has 92 valence electrons. The van der Waals surface area contributed by atoms with Gasteiger partial charge in [-0.1, -0.05) is 11.6 Å². The smallest absolute Gasteiger partial charge is 0.244 e. The summed E-state index contributed by atoms with van der Waals surface area (Å²) in [5.41, 5.74) is 1.24. The first-order valence-corrected chi connectivity index (χ1v) is 5.71. The number of rotatable bonds is 4. The third-order valence-corrected chi connectivity index (χ3v) is 2.62. The monoisotopic (exact) mass is 262 g/mol. The van der Waals surface area contributed by atoms with Crippen LogP contribution in [0, 0.1) is 0 Å². The molecule has 1 heterocycles. The average Bonchev–Trinajstić information content (AvgIpc) is 2.79. The molecule has 0 unspecified atom stereocenters. The fourth-order valence-corrected chi connectivity index (χ4v) is 1.65. The molecule has 0 saturated heterocycles. The van der Waals surface area contributed by atoms with Crippen molar-refractivity contribution in [2.24, 2.45) is 0 Å². The second-order valence-corrected chi connectivity index (χ2v) is 4.23. The van der Waals surface area contributed by atoms with Crippen LogP contribution in [-0.2, 0) is 11.3 Å². The maximum absolute atomic E-state index is 11.7. The molecule has 0 aliphatic heterocycles. The van der Waals surface area contributed by atoms with E-state index in [1.54, 1.807) is 47.3 Å². The highest BCUT2D eigenvalue weighted by Gasteiger charge is 2.04. The molecule has 1 aromatic heterocycles. The highest BCUT2D eigenvalue weighted by Crippen LogP contribution is 2.13. The lowest BCUT2D eigenvalue weighted by molar-refractivity contribution is -0.116. The van der Waals surface area contributed by atoms with Gasteiger partial charge in [-0.25, -0.2) is 0 Å². The molecule has 1 N–H and O–H groups in total. The van der Waals surface area contributed by atoms with Gasteiger partial charge >= 0.3 is 0 Å². The van der Waals surface area contributed by atoms with E-state index in [2.05, 4.69) is 5.32 Å². The lowest BCUT2D eigenvalue weighted by atomic mass is 10.3. The number of nitrogens with zero attached hydrogens (tertiary/aromatic N) is 1. The molecular weight excluding hydrogens is 252 g/mol. The van der Waals surface area contributed by atoms with E-state index in [1.165, 1.54) is 0 Å². The number of halogens is 1. The maximum atomic E-state index is 11.7. The molecule has 0 aliphatic carbocycles. The largest absolute Gasteiger partial charge is 0.344 e. The number of aromatic nitrogens is 1. The van der Waals surface area contributed by atoms with E-state index in [9.17, 15) is 9.59 Å². The summed E-state index contributed by atoms with van der Waals surface area (Å²) in [6.07, 6.45) is 4.05. The molecule has 18 heavy (non-hydrogen) atoms. The first kappa shape index (κ1) is 12.4. The lowest BCUT2D eigenvalue weighted by Crippen LogP contribution is -2.17. The molecule has 0 spiro atoms. The Labute approximate surface area is 109 Å². The van der Waals surface area contributed by atoms with E-state index < -0.39 is 0 Å². The standard InChI is InChI=1S/C13H11ClN2O2/c14-11-1-3-12(4-2-11)15-13(18)8-16-6-5-10(7-16)9-17/h1-7,9H,8H2,(H,15,18). The van der Waals surface area contributed by atoms with Crippen molar-refractivity contribution in [2.75, 3.05) is 5.32 Å². The highest BCUT2D eigenvalue weighted by molar-refractivity contribution is 6.30. The minimum atomic E-state index is -0.162. The number of hydrogen-bond donors (Lipinski definition) is 1. The second-order valence-electron chi connectivity index (χ2n) is 3.79. The number of nitrogens with one attached hydrogen (secondary N) is 1. The number of anilines is 1. The van der Waals surface area contributed by atoms with Gasteiger partial charge < -0.3 is 9.88 Å². The van der Waals surface area contributed by atoms with Gasteiger partial charge in [0.2, 0.25) is 5.91 Å². The average molecular weight is 263 g/mol. The Morgan fingerprint density at radius 3 is 2.61 bits per heavy atom. The summed E-state index contributed by atoms with van der Waals surface area (Å²) in [4.78, 5) is 22.2. The topological polar surface area (TPSA) is 51.1 Å². The van der Waals surface area contributed by atoms with Gasteiger partial charge in [0.25, 0.3) is 0 Å². The Hall–Kier alpha value is -2.07. The molecule has 0 radical (unpaired) electrons. The third-order valence-electron chi connectivity index (χ3n) is 2.36. The van der Waals surface area contributed by atoms with Crippen molar-refractivity contribution >= 4 is 29.5 Å². The van der Waals surface area contributed by atoms with Gasteiger partial charge in [-0.3, -0.25) is 9.59 Å². The van der Waals surface area contributed by atoms with Crippen molar-refractivity contribution in [3.05, 3.63) is 53.3 Å². The molecule has 1 amide bonds. The highest BCUT2D eigenvalue weighted by atomic mass is 35.5. The number of hydrogen-bond acceptors (Lipinski definition) is 2. The fraction of sp³-hybridized carbons (Fsp3) is 0.0769. The molecule has 0 atom stereocenters. The van der Waals surface area contributed by atoms with Crippen LogP contribution in [0.4, 0.5) is 5.69 Å². The number of aldehydes is 1. The molecule has 2 aromatic rings. The van der Waals surface area contributed by atoms with Crippen LogP contribution < -0.4 is 5.32 Å². The van der Waals surface area contributed by atoms with Crippen LogP contribution in [0.15, 0.2) is 42.7 Å². The van der Waals surface area contributed by atoms with Crippen molar-refractivity contribution < 1.29 is 9.59 Å².